The molecule has 1 aromatic rings. The first-order valence-electron chi connectivity index (χ1n) is 6.79. The Morgan fingerprint density at radius 1 is 1.35 bits per heavy atom. The number of carbonyl (C=O) groups is 2. The first kappa shape index (κ1) is 14.4. The minimum atomic E-state index is -0.418. The molecule has 108 valence electrons. The fraction of sp³-hybridized carbons (Fsp3) is 0.467. The zero-order chi connectivity index (χ0) is 14.7. The maximum absolute atomic E-state index is 12.2. The summed E-state index contributed by atoms with van der Waals surface area (Å²) in [4.78, 5) is 25.8. The van der Waals surface area contributed by atoms with E-state index in [9.17, 15) is 9.59 Å². The van der Waals surface area contributed by atoms with E-state index in [2.05, 4.69) is 5.32 Å². The zero-order valence-electron chi connectivity index (χ0n) is 12.1. The molecular formula is C15H20N2O3. The summed E-state index contributed by atoms with van der Waals surface area (Å²) in [5.74, 6) is 0.615. The monoisotopic (exact) mass is 276 g/mol. The first-order valence-corrected chi connectivity index (χ1v) is 6.79. The molecule has 1 aliphatic rings. The molecule has 0 radical (unpaired) electrons. The van der Waals surface area contributed by atoms with Crippen LogP contribution >= 0.6 is 0 Å². The normalized spacial score (nSPS) is 18.5. The number of amides is 2. The van der Waals surface area contributed by atoms with Gasteiger partial charge >= 0.3 is 0 Å². The molecule has 1 aliphatic heterocycles. The topological polar surface area (TPSA) is 58.6 Å². The van der Waals surface area contributed by atoms with Crippen LogP contribution in [-0.2, 0) is 9.59 Å². The van der Waals surface area contributed by atoms with Gasteiger partial charge in [0.15, 0.2) is 0 Å². The molecule has 1 saturated heterocycles. The van der Waals surface area contributed by atoms with Crippen molar-refractivity contribution in [2.24, 2.45) is 0 Å². The number of anilines is 1. The van der Waals surface area contributed by atoms with E-state index in [0.717, 1.165) is 11.4 Å². The molecule has 0 aromatic heterocycles. The van der Waals surface area contributed by atoms with Gasteiger partial charge in [-0.2, -0.15) is 0 Å². The highest BCUT2D eigenvalue weighted by Gasteiger charge is 2.37. The number of nitrogens with one attached hydrogen (secondary N) is 1. The Balaban J connectivity index is 2.21. The first-order chi connectivity index (χ1) is 9.52. The Hall–Kier alpha value is -2.04. The predicted octanol–water partition coefficient (Wildman–Crippen LogP) is 1.72. The van der Waals surface area contributed by atoms with Gasteiger partial charge < -0.3 is 10.1 Å². The van der Waals surface area contributed by atoms with Crippen molar-refractivity contribution in [3.63, 3.8) is 0 Å². The Morgan fingerprint density at radius 3 is 2.55 bits per heavy atom. The Morgan fingerprint density at radius 2 is 2.00 bits per heavy atom. The van der Waals surface area contributed by atoms with E-state index >= 15 is 0 Å². The Labute approximate surface area is 118 Å². The molecule has 1 aromatic carbocycles. The molecule has 1 heterocycles. The molecule has 0 aliphatic carbocycles. The summed E-state index contributed by atoms with van der Waals surface area (Å²) in [7, 11) is 1.59. The van der Waals surface area contributed by atoms with Crippen molar-refractivity contribution in [1.29, 1.82) is 0 Å². The quantitative estimate of drug-likeness (QED) is 0.911. The molecule has 0 bridgehead atoms. The van der Waals surface area contributed by atoms with Gasteiger partial charge in [-0.05, 0) is 44.5 Å². The van der Waals surface area contributed by atoms with Crippen molar-refractivity contribution in [3.8, 4) is 5.75 Å². The van der Waals surface area contributed by atoms with Crippen molar-refractivity contribution in [2.75, 3.05) is 12.0 Å². The second-order valence-corrected chi connectivity index (χ2v) is 5.18. The molecule has 5 nitrogen and oxygen atoms in total. The minimum Gasteiger partial charge on any atom is -0.497 e. The van der Waals surface area contributed by atoms with Crippen LogP contribution < -0.4 is 15.0 Å². The van der Waals surface area contributed by atoms with Crippen LogP contribution in [-0.4, -0.2) is 31.0 Å². The molecule has 2 amide bonds. The third kappa shape index (κ3) is 2.92. The van der Waals surface area contributed by atoms with E-state index in [-0.39, 0.29) is 17.9 Å². The average molecular weight is 276 g/mol. The number of rotatable bonds is 4. The zero-order valence-corrected chi connectivity index (χ0v) is 12.1. The molecule has 5 heteroatoms. The molecule has 1 unspecified atom stereocenters. The number of hydrogen-bond donors (Lipinski definition) is 1. The van der Waals surface area contributed by atoms with Crippen LogP contribution in [0.4, 0.5) is 5.69 Å². The molecule has 2 rings (SSSR count). The van der Waals surface area contributed by atoms with Crippen LogP contribution in [0.1, 0.15) is 26.7 Å². The molecule has 0 saturated carbocycles. The maximum Gasteiger partial charge on any atom is 0.243 e. The summed E-state index contributed by atoms with van der Waals surface area (Å²) in [6.07, 6.45) is 0.964. The van der Waals surface area contributed by atoms with Crippen molar-refractivity contribution in [1.82, 2.24) is 5.32 Å². The van der Waals surface area contributed by atoms with E-state index in [1.54, 1.807) is 36.3 Å². The predicted molar refractivity (Wildman–Crippen MR) is 76.8 cm³/mol. The molecule has 0 spiro atoms. The third-order valence-corrected chi connectivity index (χ3v) is 3.30. The van der Waals surface area contributed by atoms with Gasteiger partial charge in [0.25, 0.3) is 0 Å². The number of ether oxygens (including phenoxy) is 1. The van der Waals surface area contributed by atoms with Gasteiger partial charge in [0.1, 0.15) is 11.8 Å². The van der Waals surface area contributed by atoms with E-state index in [1.807, 2.05) is 13.8 Å². The van der Waals surface area contributed by atoms with Gasteiger partial charge in [-0.3, -0.25) is 14.5 Å². The Bertz CT molecular complexity index is 496. The van der Waals surface area contributed by atoms with Crippen LogP contribution in [0.25, 0.3) is 0 Å². The van der Waals surface area contributed by atoms with Crippen LogP contribution in [0.15, 0.2) is 24.3 Å². The van der Waals surface area contributed by atoms with E-state index < -0.39 is 6.04 Å². The number of carbonyl (C=O) groups excluding carboxylic acids is 2. The summed E-state index contributed by atoms with van der Waals surface area (Å²) in [6.45, 7) is 3.82. The van der Waals surface area contributed by atoms with Gasteiger partial charge in [-0.15, -0.1) is 0 Å². The standard InChI is InChI=1S/C15H20N2O3/c1-10(2)16-15(19)13-8-9-14(18)17(13)11-4-6-12(20-3)7-5-11/h4-7,10,13H,8-9H2,1-3H3,(H,16,19). The van der Waals surface area contributed by atoms with Gasteiger partial charge in [-0.25, -0.2) is 0 Å². The summed E-state index contributed by atoms with van der Waals surface area (Å²) in [5, 5.41) is 2.87. The highest BCUT2D eigenvalue weighted by Crippen LogP contribution is 2.28. The van der Waals surface area contributed by atoms with Crippen LogP contribution in [0, 0.1) is 0 Å². The summed E-state index contributed by atoms with van der Waals surface area (Å²) in [5.41, 5.74) is 0.734. The van der Waals surface area contributed by atoms with Crippen LogP contribution in [0.5, 0.6) is 5.75 Å². The Kier molecular flexibility index (Phi) is 4.27. The summed E-state index contributed by atoms with van der Waals surface area (Å²) < 4.78 is 5.10. The van der Waals surface area contributed by atoms with Crippen LogP contribution in [0.2, 0.25) is 0 Å². The summed E-state index contributed by atoms with van der Waals surface area (Å²) >= 11 is 0. The molecular weight excluding hydrogens is 256 g/mol. The van der Waals surface area contributed by atoms with E-state index in [1.165, 1.54) is 0 Å². The highest BCUT2D eigenvalue weighted by atomic mass is 16.5. The lowest BCUT2D eigenvalue weighted by atomic mass is 10.2. The van der Waals surface area contributed by atoms with Gasteiger partial charge in [0.2, 0.25) is 11.8 Å². The lowest BCUT2D eigenvalue weighted by molar-refractivity contribution is -0.124. The fourth-order valence-electron chi connectivity index (χ4n) is 2.38. The van der Waals surface area contributed by atoms with Crippen molar-refractivity contribution in [3.05, 3.63) is 24.3 Å². The molecule has 1 atom stereocenters. The maximum atomic E-state index is 12.2. The lowest BCUT2D eigenvalue weighted by Gasteiger charge is -2.25. The van der Waals surface area contributed by atoms with Gasteiger partial charge in [-0.1, -0.05) is 0 Å². The number of hydrogen-bond acceptors (Lipinski definition) is 3. The largest absolute Gasteiger partial charge is 0.497 e. The SMILES string of the molecule is COc1ccc(N2C(=O)CCC2C(=O)NC(C)C)cc1. The van der Waals surface area contributed by atoms with Gasteiger partial charge in [0, 0.05) is 18.2 Å². The highest BCUT2D eigenvalue weighted by molar-refractivity contribution is 6.03. The van der Waals surface area contributed by atoms with Crippen molar-refractivity contribution in [2.45, 2.75) is 38.8 Å². The van der Waals surface area contributed by atoms with Crippen molar-refractivity contribution >= 4 is 17.5 Å². The number of nitrogens with zero attached hydrogens (tertiary/aromatic N) is 1. The van der Waals surface area contributed by atoms with E-state index in [4.69, 9.17) is 4.74 Å². The van der Waals surface area contributed by atoms with Crippen molar-refractivity contribution < 1.29 is 14.3 Å². The number of benzene rings is 1. The van der Waals surface area contributed by atoms with Crippen LogP contribution in [0.3, 0.4) is 0 Å². The smallest absolute Gasteiger partial charge is 0.243 e. The minimum absolute atomic E-state index is 0.0147. The molecule has 1 fully saturated rings. The number of methoxy groups -OCH3 is 1. The van der Waals surface area contributed by atoms with Gasteiger partial charge in [0.05, 0.1) is 7.11 Å². The molecule has 1 N–H and O–H groups in total. The lowest BCUT2D eigenvalue weighted by Crippen LogP contribution is -2.46. The fourth-order valence-corrected chi connectivity index (χ4v) is 2.38. The van der Waals surface area contributed by atoms with E-state index in [0.29, 0.717) is 12.8 Å². The second kappa shape index (κ2) is 5.94. The second-order valence-electron chi connectivity index (χ2n) is 5.18. The summed E-state index contributed by atoms with van der Waals surface area (Å²) in [6, 6.07) is 6.83. The third-order valence-electron chi connectivity index (χ3n) is 3.30. The average Bonchev–Trinajstić information content (AvgIpc) is 2.80. The molecule has 20 heavy (non-hydrogen) atoms.